The number of hydrogen-bond donors (Lipinski definition) is 1. The van der Waals surface area contributed by atoms with Gasteiger partial charge in [-0.15, -0.1) is 0 Å². The van der Waals surface area contributed by atoms with Crippen molar-refractivity contribution in [2.75, 3.05) is 0 Å². The summed E-state index contributed by atoms with van der Waals surface area (Å²) in [5, 5.41) is 8.86. The van der Waals surface area contributed by atoms with Gasteiger partial charge in [-0.3, -0.25) is 0 Å². The molecule has 0 bridgehead atoms. The van der Waals surface area contributed by atoms with E-state index in [9.17, 15) is 26.4 Å². The van der Waals surface area contributed by atoms with E-state index in [0.717, 1.165) is 0 Å². The van der Waals surface area contributed by atoms with E-state index in [-0.39, 0.29) is 17.7 Å². The first kappa shape index (κ1) is 22.6. The first-order chi connectivity index (χ1) is 13.3. The van der Waals surface area contributed by atoms with Gasteiger partial charge in [0.2, 0.25) is 0 Å². The van der Waals surface area contributed by atoms with Crippen LogP contribution in [-0.2, 0) is 14.3 Å². The normalized spacial score (nSPS) is 17.0. The van der Waals surface area contributed by atoms with E-state index in [1.54, 1.807) is 13.8 Å². The van der Waals surface area contributed by atoms with Crippen molar-refractivity contribution in [1.29, 1.82) is 0 Å². The maximum Gasteiger partial charge on any atom is 0.534 e. The van der Waals surface area contributed by atoms with Gasteiger partial charge in [0.25, 0.3) is 0 Å². The topological polar surface area (TPSA) is 80.7 Å². The average Bonchev–Trinajstić information content (AvgIpc) is 2.59. The van der Waals surface area contributed by atoms with Crippen LogP contribution in [0.4, 0.5) is 13.2 Å². The minimum Gasteiger partial charge on any atom is -0.478 e. The minimum atomic E-state index is -5.74. The Morgan fingerprint density at radius 1 is 1.24 bits per heavy atom. The highest BCUT2D eigenvalue weighted by Gasteiger charge is 2.49. The molecule has 0 heterocycles. The molecule has 0 aliphatic heterocycles. The Kier molecular flexibility index (Phi) is 6.48. The maximum absolute atomic E-state index is 12.7. The molecule has 156 valence electrons. The molecule has 0 saturated heterocycles. The molecule has 29 heavy (non-hydrogen) atoms. The molecule has 0 fully saturated rings. The standard InChI is InChI=1S/C20H19F3O5S/c1-19(2)13-5-8-17(28-29(26,27)20(21,22)23)16(19)7-4-3-6-14-9-11-15(12-10-14)18(24)25/h4,7,9-12H,5,8,13H2,1-2H3,(H,24,25). The monoisotopic (exact) mass is 428 g/mol. The predicted molar refractivity (Wildman–Crippen MR) is 100 cm³/mol. The van der Waals surface area contributed by atoms with Gasteiger partial charge in [0, 0.05) is 12.0 Å². The van der Waals surface area contributed by atoms with Gasteiger partial charge in [-0.05, 0) is 60.2 Å². The number of carbonyl (C=O) groups is 1. The maximum atomic E-state index is 12.7. The highest BCUT2D eigenvalue weighted by molar-refractivity contribution is 7.87. The second-order valence-electron chi connectivity index (χ2n) is 7.04. The fraction of sp³-hybridized carbons (Fsp3) is 0.350. The third-order valence-corrected chi connectivity index (χ3v) is 5.40. The lowest BCUT2D eigenvalue weighted by atomic mass is 9.75. The van der Waals surface area contributed by atoms with Gasteiger partial charge in [-0.25, -0.2) is 4.79 Å². The van der Waals surface area contributed by atoms with Crippen LogP contribution in [0, 0.1) is 17.3 Å². The largest absolute Gasteiger partial charge is 0.534 e. The molecule has 1 N–H and O–H groups in total. The number of benzene rings is 1. The fourth-order valence-electron chi connectivity index (χ4n) is 2.87. The van der Waals surface area contributed by atoms with E-state index < -0.39 is 27.0 Å². The quantitative estimate of drug-likeness (QED) is 0.430. The molecular weight excluding hydrogens is 409 g/mol. The summed E-state index contributed by atoms with van der Waals surface area (Å²) in [6.45, 7) is 3.57. The number of carboxylic acid groups (broad SMARTS) is 1. The summed E-state index contributed by atoms with van der Waals surface area (Å²) >= 11 is 0. The second kappa shape index (κ2) is 8.33. The van der Waals surface area contributed by atoms with Crippen LogP contribution in [-0.4, -0.2) is 25.0 Å². The fourth-order valence-corrected chi connectivity index (χ4v) is 3.40. The lowest BCUT2D eigenvalue weighted by Gasteiger charge is -2.32. The molecule has 0 unspecified atom stereocenters. The molecule has 0 radical (unpaired) electrons. The molecule has 1 aromatic carbocycles. The molecule has 5 nitrogen and oxygen atoms in total. The zero-order valence-electron chi connectivity index (χ0n) is 15.7. The van der Waals surface area contributed by atoms with Gasteiger partial charge in [0.05, 0.1) is 5.56 Å². The Morgan fingerprint density at radius 2 is 1.86 bits per heavy atom. The van der Waals surface area contributed by atoms with Crippen molar-refractivity contribution in [2.24, 2.45) is 5.41 Å². The summed E-state index contributed by atoms with van der Waals surface area (Å²) in [5.41, 5.74) is -5.08. The van der Waals surface area contributed by atoms with Gasteiger partial charge in [-0.2, -0.15) is 21.6 Å². The van der Waals surface area contributed by atoms with Crippen LogP contribution in [0.2, 0.25) is 0 Å². The Bertz CT molecular complexity index is 1000. The molecule has 0 amide bonds. The van der Waals surface area contributed by atoms with Gasteiger partial charge in [0.1, 0.15) is 5.76 Å². The van der Waals surface area contributed by atoms with Gasteiger partial charge < -0.3 is 9.29 Å². The summed E-state index contributed by atoms with van der Waals surface area (Å²) in [5.74, 6) is 4.19. The Hall–Kier alpha value is -2.73. The summed E-state index contributed by atoms with van der Waals surface area (Å²) < 4.78 is 65.2. The van der Waals surface area contributed by atoms with Crippen molar-refractivity contribution in [2.45, 2.75) is 38.6 Å². The third kappa shape index (κ3) is 5.64. The van der Waals surface area contributed by atoms with Crippen LogP contribution in [0.5, 0.6) is 0 Å². The van der Waals surface area contributed by atoms with Crippen LogP contribution < -0.4 is 0 Å². The Balaban J connectivity index is 2.30. The van der Waals surface area contributed by atoms with Crippen molar-refractivity contribution >= 4 is 16.1 Å². The van der Waals surface area contributed by atoms with Crippen molar-refractivity contribution in [3.63, 3.8) is 0 Å². The van der Waals surface area contributed by atoms with E-state index in [4.69, 9.17) is 5.11 Å². The van der Waals surface area contributed by atoms with Crippen molar-refractivity contribution in [3.05, 3.63) is 58.9 Å². The first-order valence-corrected chi connectivity index (χ1v) is 10.0. The number of allylic oxidation sites excluding steroid dienone is 4. The third-order valence-electron chi connectivity index (χ3n) is 4.41. The summed E-state index contributed by atoms with van der Waals surface area (Å²) in [6, 6.07) is 5.85. The van der Waals surface area contributed by atoms with E-state index >= 15 is 0 Å². The zero-order valence-corrected chi connectivity index (χ0v) is 16.5. The number of hydrogen-bond acceptors (Lipinski definition) is 4. The lowest BCUT2D eigenvalue weighted by Crippen LogP contribution is -2.28. The van der Waals surface area contributed by atoms with E-state index in [1.165, 1.54) is 36.4 Å². The number of alkyl halides is 3. The average molecular weight is 428 g/mol. The van der Waals surface area contributed by atoms with E-state index in [0.29, 0.717) is 24.0 Å². The number of aromatic carboxylic acids is 1. The van der Waals surface area contributed by atoms with Crippen LogP contribution in [0.1, 0.15) is 49.0 Å². The molecular formula is C20H19F3O5S. The van der Waals surface area contributed by atoms with Crippen LogP contribution in [0.3, 0.4) is 0 Å². The molecule has 1 aliphatic carbocycles. The molecule has 2 rings (SSSR count). The summed E-state index contributed by atoms with van der Waals surface area (Å²) in [7, 11) is -5.74. The summed E-state index contributed by atoms with van der Waals surface area (Å²) in [4.78, 5) is 10.8. The predicted octanol–water partition coefficient (Wildman–Crippen LogP) is 4.62. The molecule has 1 aliphatic rings. The lowest BCUT2D eigenvalue weighted by molar-refractivity contribution is -0.0525. The Labute approximate surface area is 167 Å². The van der Waals surface area contributed by atoms with Crippen molar-refractivity contribution in [1.82, 2.24) is 0 Å². The summed E-state index contributed by atoms with van der Waals surface area (Å²) in [6.07, 6.45) is 4.07. The molecule has 0 aromatic heterocycles. The smallest absolute Gasteiger partial charge is 0.478 e. The van der Waals surface area contributed by atoms with Crippen LogP contribution >= 0.6 is 0 Å². The zero-order chi connectivity index (χ0) is 21.9. The first-order valence-electron chi connectivity index (χ1n) is 8.59. The molecule has 0 atom stereocenters. The van der Waals surface area contributed by atoms with Crippen molar-refractivity contribution < 1.29 is 35.7 Å². The highest BCUT2D eigenvalue weighted by atomic mass is 32.2. The molecule has 9 heteroatoms. The van der Waals surface area contributed by atoms with Crippen LogP contribution in [0.15, 0.2) is 47.7 Å². The second-order valence-corrected chi connectivity index (χ2v) is 8.58. The Morgan fingerprint density at radius 3 is 2.41 bits per heavy atom. The molecule has 1 aromatic rings. The van der Waals surface area contributed by atoms with Gasteiger partial charge in [0.15, 0.2) is 0 Å². The highest BCUT2D eigenvalue weighted by Crippen LogP contribution is 2.42. The molecule has 0 spiro atoms. The molecule has 0 saturated carbocycles. The van der Waals surface area contributed by atoms with E-state index in [2.05, 4.69) is 16.0 Å². The van der Waals surface area contributed by atoms with E-state index in [1.807, 2.05) is 0 Å². The van der Waals surface area contributed by atoms with Crippen LogP contribution in [0.25, 0.3) is 0 Å². The number of rotatable bonds is 4. The van der Waals surface area contributed by atoms with Gasteiger partial charge >= 0.3 is 21.6 Å². The van der Waals surface area contributed by atoms with Crippen molar-refractivity contribution in [3.8, 4) is 11.8 Å². The number of halogens is 3. The van der Waals surface area contributed by atoms with Gasteiger partial charge in [-0.1, -0.05) is 25.7 Å². The minimum absolute atomic E-state index is 0.0719. The SMILES string of the molecule is CC1(C)CCCC(OS(=O)(=O)C(F)(F)F)=C1C=CC#Cc1ccc(C(=O)O)cc1. The number of carboxylic acids is 1.